The molecule has 1 aliphatic heterocycles. The molecule has 1 aromatic rings. The van der Waals surface area contributed by atoms with Gasteiger partial charge in [0.2, 0.25) is 11.8 Å². The number of benzene rings is 1. The van der Waals surface area contributed by atoms with E-state index in [9.17, 15) is 22.8 Å². The summed E-state index contributed by atoms with van der Waals surface area (Å²) in [5.74, 6) is -0.860. The van der Waals surface area contributed by atoms with Gasteiger partial charge in [0.05, 0.1) is 0 Å². The van der Waals surface area contributed by atoms with Gasteiger partial charge in [-0.05, 0) is 25.3 Å². The molecule has 1 aliphatic rings. The number of amides is 2. The topological polar surface area (TPSA) is 40.6 Å². The van der Waals surface area contributed by atoms with E-state index in [0.717, 1.165) is 16.0 Å². The van der Waals surface area contributed by atoms with Crippen LogP contribution in [-0.2, 0) is 16.0 Å². The summed E-state index contributed by atoms with van der Waals surface area (Å²) in [5, 5.41) is 0. The Bertz CT molecular complexity index is 599. The van der Waals surface area contributed by atoms with Gasteiger partial charge in [-0.3, -0.25) is 9.59 Å². The second-order valence-electron chi connectivity index (χ2n) is 6.17. The Morgan fingerprint density at radius 2 is 1.92 bits per heavy atom. The quantitative estimate of drug-likeness (QED) is 0.825. The zero-order valence-corrected chi connectivity index (χ0v) is 13.8. The molecule has 1 saturated heterocycles. The van der Waals surface area contributed by atoms with E-state index in [1.54, 1.807) is 0 Å². The molecule has 0 aliphatic carbocycles. The van der Waals surface area contributed by atoms with E-state index >= 15 is 0 Å². The van der Waals surface area contributed by atoms with Crippen molar-refractivity contribution in [3.63, 3.8) is 0 Å². The first-order valence-corrected chi connectivity index (χ1v) is 7.84. The summed E-state index contributed by atoms with van der Waals surface area (Å²) in [5.41, 5.74) is 2.14. The molecule has 7 heteroatoms. The molecule has 0 bridgehead atoms. The summed E-state index contributed by atoms with van der Waals surface area (Å²) in [6, 6.07) is 7.00. The molecule has 24 heavy (non-hydrogen) atoms. The number of hydrogen-bond donors (Lipinski definition) is 0. The van der Waals surface area contributed by atoms with Crippen LogP contribution in [0.25, 0.3) is 0 Å². The Hall–Kier alpha value is -2.05. The van der Waals surface area contributed by atoms with Crippen LogP contribution in [0.2, 0.25) is 0 Å². The fraction of sp³-hybridized carbons (Fsp3) is 0.529. The zero-order chi connectivity index (χ0) is 17.9. The lowest BCUT2D eigenvalue weighted by molar-refractivity contribution is -0.159. The Labute approximate surface area is 139 Å². The van der Waals surface area contributed by atoms with Crippen molar-refractivity contribution in [2.45, 2.75) is 38.4 Å². The highest BCUT2D eigenvalue weighted by Gasteiger charge is 2.41. The summed E-state index contributed by atoms with van der Waals surface area (Å²) < 4.78 is 37.3. The maximum absolute atomic E-state index is 12.4. The van der Waals surface area contributed by atoms with E-state index in [-0.39, 0.29) is 25.3 Å². The van der Waals surface area contributed by atoms with Gasteiger partial charge in [0.1, 0.15) is 12.6 Å². The minimum Gasteiger partial charge on any atom is -0.334 e. The average Bonchev–Trinajstić information content (AvgIpc) is 2.85. The van der Waals surface area contributed by atoms with E-state index in [2.05, 4.69) is 0 Å². The molecule has 2 rings (SSSR count). The SMILES string of the molecule is Cc1ccc(CCC(=O)N(C)C2CCN(CC(F)(F)F)C2=O)cc1. The highest BCUT2D eigenvalue weighted by molar-refractivity contribution is 5.89. The van der Waals surface area contributed by atoms with Crippen molar-refractivity contribution in [1.29, 1.82) is 0 Å². The molecule has 4 nitrogen and oxygen atoms in total. The Kier molecular flexibility index (Phi) is 5.51. The van der Waals surface area contributed by atoms with Gasteiger partial charge in [0.25, 0.3) is 0 Å². The third-order valence-electron chi connectivity index (χ3n) is 4.25. The second-order valence-corrected chi connectivity index (χ2v) is 6.17. The maximum Gasteiger partial charge on any atom is 0.406 e. The molecule has 1 heterocycles. The van der Waals surface area contributed by atoms with Crippen LogP contribution in [0.3, 0.4) is 0 Å². The van der Waals surface area contributed by atoms with Crippen LogP contribution in [-0.4, -0.2) is 54.0 Å². The number of hydrogen-bond acceptors (Lipinski definition) is 2. The molecule has 0 saturated carbocycles. The molecule has 2 amide bonds. The van der Waals surface area contributed by atoms with Gasteiger partial charge < -0.3 is 9.80 Å². The second kappa shape index (κ2) is 7.23. The van der Waals surface area contributed by atoms with Gasteiger partial charge in [0, 0.05) is 20.0 Å². The fourth-order valence-electron chi connectivity index (χ4n) is 2.81. The number of halogens is 3. The van der Waals surface area contributed by atoms with Gasteiger partial charge in [0.15, 0.2) is 0 Å². The van der Waals surface area contributed by atoms with Gasteiger partial charge in [-0.15, -0.1) is 0 Å². The van der Waals surface area contributed by atoms with Gasteiger partial charge in [-0.25, -0.2) is 0 Å². The monoisotopic (exact) mass is 342 g/mol. The third kappa shape index (κ3) is 4.72. The van der Waals surface area contributed by atoms with Crippen LogP contribution in [0, 0.1) is 6.92 Å². The van der Waals surface area contributed by atoms with Gasteiger partial charge >= 0.3 is 6.18 Å². The summed E-state index contributed by atoms with van der Waals surface area (Å²) in [4.78, 5) is 26.4. The first kappa shape index (κ1) is 18.3. The first-order valence-electron chi connectivity index (χ1n) is 7.84. The normalized spacial score (nSPS) is 18.1. The highest BCUT2D eigenvalue weighted by atomic mass is 19.4. The van der Waals surface area contributed by atoms with Crippen LogP contribution in [0.5, 0.6) is 0 Å². The van der Waals surface area contributed by atoms with Gasteiger partial charge in [-0.1, -0.05) is 29.8 Å². The van der Waals surface area contributed by atoms with Crippen molar-refractivity contribution < 1.29 is 22.8 Å². The predicted octanol–water partition coefficient (Wildman–Crippen LogP) is 2.55. The summed E-state index contributed by atoms with van der Waals surface area (Å²) in [6.45, 7) is 0.743. The Morgan fingerprint density at radius 1 is 1.29 bits per heavy atom. The summed E-state index contributed by atoms with van der Waals surface area (Å²) in [7, 11) is 1.48. The molecule has 1 aromatic carbocycles. The van der Waals surface area contributed by atoms with Crippen LogP contribution in [0.15, 0.2) is 24.3 Å². The van der Waals surface area contributed by atoms with Crippen molar-refractivity contribution in [2.75, 3.05) is 20.1 Å². The van der Waals surface area contributed by atoms with E-state index in [0.29, 0.717) is 6.42 Å². The molecule has 1 fully saturated rings. The van der Waals surface area contributed by atoms with Crippen molar-refractivity contribution in [2.24, 2.45) is 0 Å². The highest BCUT2D eigenvalue weighted by Crippen LogP contribution is 2.23. The largest absolute Gasteiger partial charge is 0.406 e. The number of aryl methyl sites for hydroxylation is 2. The van der Waals surface area contributed by atoms with Crippen LogP contribution >= 0.6 is 0 Å². The van der Waals surface area contributed by atoms with Crippen molar-refractivity contribution in [1.82, 2.24) is 9.80 Å². The molecule has 0 N–H and O–H groups in total. The van der Waals surface area contributed by atoms with E-state index < -0.39 is 24.7 Å². The van der Waals surface area contributed by atoms with E-state index in [4.69, 9.17) is 0 Å². The fourth-order valence-corrected chi connectivity index (χ4v) is 2.81. The lowest BCUT2D eigenvalue weighted by atomic mass is 10.1. The van der Waals surface area contributed by atoms with Crippen molar-refractivity contribution in [3.05, 3.63) is 35.4 Å². The van der Waals surface area contributed by atoms with Crippen molar-refractivity contribution >= 4 is 11.8 Å². The molecule has 132 valence electrons. The van der Waals surface area contributed by atoms with Crippen LogP contribution in [0.1, 0.15) is 24.0 Å². The number of carbonyl (C=O) groups excluding carboxylic acids is 2. The standard InChI is InChI=1S/C17H21F3N2O2/c1-12-3-5-13(6-4-12)7-8-15(23)21(2)14-9-10-22(16(14)24)11-17(18,19)20/h3-6,14H,7-11H2,1-2H3. The van der Waals surface area contributed by atoms with Crippen LogP contribution < -0.4 is 0 Å². The Balaban J connectivity index is 1.89. The number of alkyl halides is 3. The number of likely N-dealkylation sites (N-methyl/N-ethyl adjacent to an activating group) is 1. The molecular weight excluding hydrogens is 321 g/mol. The number of rotatable bonds is 5. The smallest absolute Gasteiger partial charge is 0.334 e. The molecule has 0 aromatic heterocycles. The van der Waals surface area contributed by atoms with Crippen molar-refractivity contribution in [3.8, 4) is 0 Å². The van der Waals surface area contributed by atoms with Crippen LogP contribution in [0.4, 0.5) is 13.2 Å². The number of carbonyl (C=O) groups is 2. The predicted molar refractivity (Wildman–Crippen MR) is 83.3 cm³/mol. The first-order chi connectivity index (χ1) is 11.2. The van der Waals surface area contributed by atoms with Gasteiger partial charge in [-0.2, -0.15) is 13.2 Å². The Morgan fingerprint density at radius 3 is 2.50 bits per heavy atom. The summed E-state index contributed by atoms with van der Waals surface area (Å²) >= 11 is 0. The number of likely N-dealkylation sites (tertiary alicyclic amines) is 1. The minimum absolute atomic E-state index is 0.0264. The molecule has 0 radical (unpaired) electrons. The molecule has 1 atom stereocenters. The third-order valence-corrected chi connectivity index (χ3v) is 4.25. The number of nitrogens with zero attached hydrogens (tertiary/aromatic N) is 2. The average molecular weight is 342 g/mol. The molecule has 0 spiro atoms. The maximum atomic E-state index is 12.4. The summed E-state index contributed by atoms with van der Waals surface area (Å²) in [6.07, 6.45) is -3.42. The lowest BCUT2D eigenvalue weighted by Crippen LogP contribution is -2.44. The zero-order valence-electron chi connectivity index (χ0n) is 13.8. The lowest BCUT2D eigenvalue weighted by Gasteiger charge is -2.24. The van der Waals surface area contributed by atoms with E-state index in [1.165, 1.54) is 11.9 Å². The van der Waals surface area contributed by atoms with E-state index in [1.807, 2.05) is 31.2 Å². The molecule has 1 unspecified atom stereocenters. The minimum atomic E-state index is -4.42. The molecular formula is C17H21F3N2O2.